The highest BCUT2D eigenvalue weighted by Gasteiger charge is 2.38. The number of benzene rings is 2. The summed E-state index contributed by atoms with van der Waals surface area (Å²) in [5.74, 6) is -3.35. The van der Waals surface area contributed by atoms with Gasteiger partial charge in [-0.05, 0) is 112 Å². The number of nitrogens with zero attached hydrogens (tertiary/aromatic N) is 6. The lowest BCUT2D eigenvalue weighted by molar-refractivity contribution is 0.0114. The van der Waals surface area contributed by atoms with Crippen molar-refractivity contribution in [1.82, 2.24) is 33.9 Å². The lowest BCUT2D eigenvalue weighted by atomic mass is 9.99. The molecule has 13 nitrogen and oxygen atoms in total. The van der Waals surface area contributed by atoms with E-state index in [0.29, 0.717) is 44.4 Å². The summed E-state index contributed by atoms with van der Waals surface area (Å²) in [4.78, 5) is 39.0. The van der Waals surface area contributed by atoms with Gasteiger partial charge in [0.2, 0.25) is 10.0 Å². The summed E-state index contributed by atoms with van der Waals surface area (Å²) in [6, 6.07) is 16.1. The van der Waals surface area contributed by atoms with Crippen LogP contribution in [0, 0.1) is 5.82 Å². The summed E-state index contributed by atoms with van der Waals surface area (Å²) in [7, 11) is -3.57. The third kappa shape index (κ3) is 9.47. The molecule has 1 aliphatic rings. The van der Waals surface area contributed by atoms with Crippen molar-refractivity contribution in [3.63, 3.8) is 0 Å². The first-order valence-electron chi connectivity index (χ1n) is 18.8. The first kappa shape index (κ1) is 41.5. The van der Waals surface area contributed by atoms with Crippen LogP contribution in [0.2, 0.25) is 0 Å². The number of halogens is 3. The molecule has 7 rings (SSSR count). The molecule has 0 amide bonds. The van der Waals surface area contributed by atoms with Gasteiger partial charge in [0.15, 0.2) is 0 Å². The zero-order valence-corrected chi connectivity index (χ0v) is 34.5. The van der Waals surface area contributed by atoms with Crippen LogP contribution >= 0.6 is 0 Å². The van der Waals surface area contributed by atoms with Crippen LogP contribution < -0.4 is 4.72 Å². The number of sulfonamides is 1. The molecule has 1 saturated heterocycles. The van der Waals surface area contributed by atoms with Crippen LogP contribution in [0.15, 0.2) is 73.1 Å². The fourth-order valence-electron chi connectivity index (χ4n) is 6.97. The van der Waals surface area contributed by atoms with Crippen molar-refractivity contribution in [2.45, 2.75) is 78.2 Å². The number of hydrogen-bond acceptors (Lipinski definition) is 10. The Morgan fingerprint density at radius 3 is 2.27 bits per heavy atom. The molecule has 0 unspecified atom stereocenters. The molecule has 5 heterocycles. The Morgan fingerprint density at radius 1 is 0.881 bits per heavy atom. The predicted octanol–water partition coefficient (Wildman–Crippen LogP) is 8.38. The molecule has 1 N–H and O–H groups in total. The van der Waals surface area contributed by atoms with Crippen molar-refractivity contribution in [1.29, 1.82) is 0 Å². The van der Waals surface area contributed by atoms with Crippen molar-refractivity contribution >= 4 is 44.1 Å². The second-order valence-electron chi connectivity index (χ2n) is 16.7. The number of hydrogen-bond donors (Lipinski definition) is 1. The van der Waals surface area contributed by atoms with Gasteiger partial charge in [0.1, 0.15) is 33.7 Å². The number of pyridine rings is 2. The van der Waals surface area contributed by atoms with E-state index in [1.807, 2.05) is 6.07 Å². The summed E-state index contributed by atoms with van der Waals surface area (Å²) >= 11 is 0. The molecule has 0 aliphatic carbocycles. The van der Waals surface area contributed by atoms with E-state index in [1.54, 1.807) is 101 Å². The van der Waals surface area contributed by atoms with Gasteiger partial charge in [0, 0.05) is 49.4 Å². The summed E-state index contributed by atoms with van der Waals surface area (Å²) < 4.78 is 83.2. The minimum absolute atomic E-state index is 0.112. The normalized spacial score (nSPS) is 14.9. The van der Waals surface area contributed by atoms with Crippen LogP contribution in [-0.4, -0.2) is 86.3 Å². The molecule has 17 heteroatoms. The molecule has 0 spiro atoms. The van der Waals surface area contributed by atoms with E-state index in [9.17, 15) is 26.8 Å². The zero-order valence-electron chi connectivity index (χ0n) is 33.6. The Hall–Kier alpha value is -5.65. The topological polar surface area (TPSA) is 151 Å². The van der Waals surface area contributed by atoms with Crippen molar-refractivity contribution in [2.24, 2.45) is 0 Å². The van der Waals surface area contributed by atoms with Crippen LogP contribution in [0.4, 0.5) is 22.8 Å². The van der Waals surface area contributed by atoms with Gasteiger partial charge in [-0.3, -0.25) is 9.88 Å². The largest absolute Gasteiger partial charge is 0.443 e. The van der Waals surface area contributed by atoms with E-state index < -0.39 is 45.2 Å². The van der Waals surface area contributed by atoms with Gasteiger partial charge >= 0.3 is 12.2 Å². The molecule has 1 aliphatic heterocycles. The maximum atomic E-state index is 15.1. The maximum absolute atomic E-state index is 15.1. The Bertz CT molecular complexity index is 2730. The minimum atomic E-state index is -3.57. The maximum Gasteiger partial charge on any atom is 0.435 e. The van der Waals surface area contributed by atoms with Gasteiger partial charge in [-0.2, -0.15) is 9.78 Å². The van der Waals surface area contributed by atoms with Gasteiger partial charge in [-0.1, -0.05) is 12.1 Å². The number of likely N-dealkylation sites (tertiary alicyclic amines) is 1. The van der Waals surface area contributed by atoms with E-state index in [0.717, 1.165) is 10.9 Å². The molecular formula is C42H44F3N7O6S. The lowest BCUT2D eigenvalue weighted by Gasteiger charge is -2.21. The number of fused-ring (bicyclic) bond motifs is 2. The van der Waals surface area contributed by atoms with Crippen molar-refractivity contribution in [3.8, 4) is 33.8 Å². The number of rotatable bonds is 8. The number of carbonyl (C=O) groups is 2. The predicted molar refractivity (Wildman–Crippen MR) is 217 cm³/mol. The fourth-order valence-corrected chi connectivity index (χ4v) is 7.40. The first-order chi connectivity index (χ1) is 27.5. The molecule has 0 bridgehead atoms. The molecule has 0 saturated carbocycles. The molecule has 1 fully saturated rings. The number of aromatic nitrogens is 5. The van der Waals surface area contributed by atoms with Gasteiger partial charge < -0.3 is 9.47 Å². The Balaban J connectivity index is 1.43. The van der Waals surface area contributed by atoms with Gasteiger partial charge in [-0.15, -0.1) is 0 Å². The number of carbonyl (C=O) groups excluding carboxylic acids is 2. The van der Waals surface area contributed by atoms with E-state index >= 15 is 4.39 Å². The number of ether oxygens (including phenoxy) is 2. The monoisotopic (exact) mass is 831 g/mol. The Labute approximate surface area is 339 Å². The Kier molecular flexibility index (Phi) is 10.7. The molecular weight excluding hydrogens is 788 g/mol. The van der Waals surface area contributed by atoms with E-state index in [-0.39, 0.29) is 55.0 Å². The highest BCUT2D eigenvalue weighted by molar-refractivity contribution is 7.88. The molecule has 0 atom stereocenters. The van der Waals surface area contributed by atoms with Gasteiger partial charge in [0.25, 0.3) is 5.92 Å². The van der Waals surface area contributed by atoms with Crippen LogP contribution in [0.5, 0.6) is 0 Å². The molecule has 4 aromatic heterocycles. The van der Waals surface area contributed by atoms with Crippen molar-refractivity contribution in [2.75, 3.05) is 19.3 Å². The lowest BCUT2D eigenvalue weighted by Crippen LogP contribution is -2.28. The smallest absolute Gasteiger partial charge is 0.435 e. The molecule has 59 heavy (non-hydrogen) atoms. The van der Waals surface area contributed by atoms with Crippen LogP contribution in [0.25, 0.3) is 55.7 Å². The first-order valence-corrected chi connectivity index (χ1v) is 20.7. The molecule has 2 aromatic carbocycles. The summed E-state index contributed by atoms with van der Waals surface area (Å²) in [6.45, 7) is 10.3. The number of alkyl halides is 2. The number of nitrogens with one attached hydrogen (secondary N) is 1. The van der Waals surface area contributed by atoms with Crippen molar-refractivity contribution in [3.05, 3.63) is 90.0 Å². The third-order valence-electron chi connectivity index (χ3n) is 9.31. The average molecular weight is 832 g/mol. The molecule has 310 valence electrons. The second kappa shape index (κ2) is 15.2. The van der Waals surface area contributed by atoms with Crippen LogP contribution in [-0.2, 0) is 32.6 Å². The van der Waals surface area contributed by atoms with Crippen LogP contribution in [0.1, 0.15) is 59.1 Å². The quantitative estimate of drug-likeness (QED) is 0.159. The van der Waals surface area contributed by atoms with Crippen molar-refractivity contribution < 1.29 is 40.7 Å². The summed E-state index contributed by atoms with van der Waals surface area (Å²) in [5.41, 5.74) is 2.31. The van der Waals surface area contributed by atoms with E-state index in [1.165, 1.54) is 16.7 Å². The van der Waals surface area contributed by atoms with E-state index in [4.69, 9.17) is 19.6 Å². The van der Waals surface area contributed by atoms with Crippen LogP contribution in [0.3, 0.4) is 0 Å². The fraction of sp³-hybridized carbons (Fsp3) is 0.357. The second-order valence-corrected chi connectivity index (χ2v) is 18.6. The summed E-state index contributed by atoms with van der Waals surface area (Å²) in [6.07, 6.45) is 2.44. The third-order valence-corrected chi connectivity index (χ3v) is 9.98. The summed E-state index contributed by atoms with van der Waals surface area (Å²) in [5, 5.41) is 5.21. The highest BCUT2D eigenvalue weighted by atomic mass is 32.2. The molecule has 0 radical (unpaired) electrons. The highest BCUT2D eigenvalue weighted by Crippen LogP contribution is 2.39. The minimum Gasteiger partial charge on any atom is -0.443 e. The van der Waals surface area contributed by atoms with E-state index in [2.05, 4.69) is 9.71 Å². The molecule has 6 aromatic rings. The van der Waals surface area contributed by atoms with Gasteiger partial charge in [-0.25, -0.2) is 45.5 Å². The van der Waals surface area contributed by atoms with Gasteiger partial charge in [0.05, 0.1) is 29.7 Å². The SMILES string of the molecule is CC(C)(C)OC(=O)n1nc(-c2cc3c(-c4cc(F)cc(CNS(C)(=O)=O)c4)cccc3n2C(=O)OC(C)(C)C)c2nc(-c3cncc(CN4CCC(F)(F)C4)c3)ccc21. The average Bonchev–Trinajstić information content (AvgIpc) is 3.80. The zero-order chi connectivity index (χ0) is 42.7. The standard InChI is InChI=1S/C42H44F3N7O6S/c1-40(2,3)57-38(53)51-33-10-8-9-30(27-15-25(17-29(43)18-27)21-47-59(7,55)56)31(33)19-35(51)37-36-34(52(49-37)39(54)58-41(4,5)6)12-11-32(48-36)28-16-26(20-46-22-28)23-50-14-13-42(44,45)24-50/h8-12,15-20,22,47H,13-14,21,23-24H2,1-7H3. The Morgan fingerprint density at radius 2 is 1.59 bits per heavy atom.